The van der Waals surface area contributed by atoms with Crippen LogP contribution >= 0.6 is 0 Å². The smallest absolute Gasteiger partial charge is 0.147 e. The van der Waals surface area contributed by atoms with Gasteiger partial charge in [-0.05, 0) is 194 Å². The van der Waals surface area contributed by atoms with E-state index >= 15 is 8.78 Å². The Hall–Kier alpha value is -6.60. The Labute approximate surface area is 522 Å². The summed E-state index contributed by atoms with van der Waals surface area (Å²) >= 11 is 0. The van der Waals surface area contributed by atoms with Crippen molar-refractivity contribution >= 4 is 21.8 Å². The Morgan fingerprint density at radius 1 is 0.379 bits per heavy atom. The van der Waals surface area contributed by atoms with Gasteiger partial charge >= 0.3 is 0 Å². The molecule has 0 saturated heterocycles. The largest absolute Gasteiger partial charge is 0.507 e. The SMILES string of the molecule is Cc1cc(F)cc(-c2cc(C(C)(C)CC(C)(C)C)cc(-c3cc(C(C)(C)C)cc(C(C)(C)C)c3)c2O)c1OCCCCOc1c(C)cc(F)cc1-c1cc(C(C)(C)CC(C)(C)C)cc(-n2c3cc(C(C)(C)C)ccc3c3ccc(C(C)(C)C)cc32)c1O. The molecule has 0 amide bonds. The van der Waals surface area contributed by atoms with Gasteiger partial charge in [0.2, 0.25) is 0 Å². The van der Waals surface area contributed by atoms with Crippen LogP contribution in [0.4, 0.5) is 8.78 Å². The second-order valence-corrected chi connectivity index (χ2v) is 33.3. The number of ether oxygens (including phenoxy) is 2. The van der Waals surface area contributed by atoms with Gasteiger partial charge in [0, 0.05) is 38.6 Å². The van der Waals surface area contributed by atoms with E-state index in [1.807, 2.05) is 26.0 Å². The number of phenols is 2. The summed E-state index contributed by atoms with van der Waals surface area (Å²) in [5.74, 6) is 0.273. The predicted molar refractivity (Wildman–Crippen MR) is 365 cm³/mol. The van der Waals surface area contributed by atoms with Crippen molar-refractivity contribution in [3.63, 3.8) is 0 Å². The van der Waals surface area contributed by atoms with Crippen LogP contribution in [0.1, 0.15) is 223 Å². The third-order valence-corrected chi connectivity index (χ3v) is 17.5. The molecule has 0 fully saturated rings. The van der Waals surface area contributed by atoms with Crippen LogP contribution in [0.3, 0.4) is 0 Å². The zero-order valence-corrected chi connectivity index (χ0v) is 57.5. The number of hydrogen-bond donors (Lipinski definition) is 2. The predicted octanol–water partition coefficient (Wildman–Crippen LogP) is 22.9. The number of aromatic hydroxyl groups is 2. The van der Waals surface area contributed by atoms with Gasteiger partial charge in [-0.3, -0.25) is 0 Å². The maximum absolute atomic E-state index is 16.1. The van der Waals surface area contributed by atoms with Gasteiger partial charge in [0.05, 0.1) is 29.9 Å². The number of aromatic nitrogens is 1. The van der Waals surface area contributed by atoms with Crippen LogP contribution < -0.4 is 9.47 Å². The average Bonchev–Trinajstić information content (AvgIpc) is 1.68. The van der Waals surface area contributed by atoms with Crippen LogP contribution in [-0.4, -0.2) is 28.0 Å². The summed E-state index contributed by atoms with van der Waals surface area (Å²) in [6.07, 6.45) is 2.86. The van der Waals surface area contributed by atoms with Gasteiger partial charge in [0.15, 0.2) is 0 Å². The van der Waals surface area contributed by atoms with Crippen LogP contribution in [0.15, 0.2) is 103 Å². The number of fused-ring (bicyclic) bond motifs is 3. The summed E-state index contributed by atoms with van der Waals surface area (Å²) in [6.45, 7) is 53.4. The quantitative estimate of drug-likeness (QED) is 0.100. The average molecular weight is 1180 g/mol. The Bertz CT molecular complexity index is 3780. The lowest BCUT2D eigenvalue weighted by Gasteiger charge is -2.34. The van der Waals surface area contributed by atoms with E-state index < -0.39 is 11.6 Å². The van der Waals surface area contributed by atoms with Crippen molar-refractivity contribution in [2.24, 2.45) is 10.8 Å². The topological polar surface area (TPSA) is 63.8 Å². The molecule has 0 atom stereocenters. The van der Waals surface area contributed by atoms with E-state index in [0.717, 1.165) is 51.3 Å². The molecule has 0 saturated carbocycles. The molecule has 7 heteroatoms. The molecule has 2 N–H and O–H groups in total. The highest BCUT2D eigenvalue weighted by Crippen LogP contribution is 2.51. The van der Waals surface area contributed by atoms with Gasteiger partial charge in [0.25, 0.3) is 0 Å². The van der Waals surface area contributed by atoms with E-state index in [1.54, 1.807) is 0 Å². The molecule has 1 aromatic heterocycles. The summed E-state index contributed by atoms with van der Waals surface area (Å²) < 4.78 is 47.8. The first-order valence-corrected chi connectivity index (χ1v) is 31.7. The molecular weight excluding hydrogens is 1080 g/mol. The number of halogens is 2. The lowest BCUT2D eigenvalue weighted by Crippen LogP contribution is -2.25. The number of unbranched alkanes of at least 4 members (excludes halogenated alkanes) is 1. The Kier molecular flexibility index (Phi) is 17.9. The van der Waals surface area contributed by atoms with Crippen molar-refractivity contribution in [2.75, 3.05) is 13.2 Å². The standard InChI is InChI=1S/C80H103F2NO4/c1-48-33-57(81)44-64(62-39-55(79(21,22)46-73(3,4)5)38-61(69(62)84)50-35-53(77(15,16)17)37-54(36-50)78(18,19)20)71(48)86-31-25-26-32-87-72-49(2)34-58(82)45-65(72)63-40-56(80(23,24)47-74(6,7)8)43-68(70(63)85)83-66-41-51(75(9,10)11)27-29-59(66)60-30-28-52(42-67(60)83)76(12,13)14/h27-30,33-45,84-85H,25-26,31-32,46-47H2,1-24H3. The Morgan fingerprint density at radius 2 is 0.747 bits per heavy atom. The van der Waals surface area contributed by atoms with Crippen LogP contribution in [0, 0.1) is 36.3 Å². The fraction of sp³-hybridized carbons (Fsp3) is 0.475. The minimum atomic E-state index is -0.426. The molecular formula is C80H103F2NO4. The van der Waals surface area contributed by atoms with E-state index in [1.165, 1.54) is 46.5 Å². The first kappa shape index (κ1) is 66.4. The molecule has 1 heterocycles. The molecule has 0 radical (unpaired) electrons. The monoisotopic (exact) mass is 1180 g/mol. The molecule has 7 aromatic carbocycles. The number of nitrogens with zero attached hydrogens (tertiary/aromatic N) is 1. The van der Waals surface area contributed by atoms with Gasteiger partial charge in [-0.1, -0.05) is 195 Å². The molecule has 0 spiro atoms. The number of rotatable bonds is 15. The summed E-state index contributed by atoms with van der Waals surface area (Å²) in [5, 5.41) is 28.0. The van der Waals surface area contributed by atoms with Gasteiger partial charge in [-0.2, -0.15) is 0 Å². The fourth-order valence-electron chi connectivity index (χ4n) is 13.3. The van der Waals surface area contributed by atoms with Gasteiger partial charge in [-0.25, -0.2) is 8.78 Å². The second-order valence-electron chi connectivity index (χ2n) is 33.3. The van der Waals surface area contributed by atoms with E-state index in [4.69, 9.17) is 9.47 Å². The first-order valence-electron chi connectivity index (χ1n) is 31.7. The maximum atomic E-state index is 16.1. The molecule has 5 nitrogen and oxygen atoms in total. The molecule has 0 unspecified atom stereocenters. The molecule has 466 valence electrons. The second kappa shape index (κ2) is 23.4. The van der Waals surface area contributed by atoms with Gasteiger partial charge < -0.3 is 24.3 Å². The van der Waals surface area contributed by atoms with E-state index in [2.05, 4.69) is 224 Å². The molecule has 8 rings (SSSR count). The van der Waals surface area contributed by atoms with Crippen molar-refractivity contribution in [3.8, 4) is 62.1 Å². The normalized spacial score (nSPS) is 13.3. The number of phenolic OH excluding ortho intramolecular Hbond substituents is 2. The van der Waals surface area contributed by atoms with Gasteiger partial charge in [0.1, 0.15) is 34.6 Å². The third-order valence-electron chi connectivity index (χ3n) is 17.5. The number of aryl methyl sites for hydroxylation is 2. The summed E-state index contributed by atoms with van der Waals surface area (Å²) in [6, 6.07) is 34.4. The maximum Gasteiger partial charge on any atom is 0.147 e. The number of benzene rings is 7. The zero-order chi connectivity index (χ0) is 64.7. The van der Waals surface area contributed by atoms with Crippen molar-refractivity contribution < 1.29 is 28.5 Å². The molecule has 0 bridgehead atoms. The minimum Gasteiger partial charge on any atom is -0.507 e. The van der Waals surface area contributed by atoms with E-state index in [0.29, 0.717) is 69.0 Å². The summed E-state index contributed by atoms with van der Waals surface area (Å²) in [4.78, 5) is 0. The minimum absolute atomic E-state index is 0.000423. The molecule has 0 aliphatic rings. The molecule has 0 aliphatic heterocycles. The van der Waals surface area contributed by atoms with E-state index in [-0.39, 0.29) is 68.0 Å². The first-order chi connectivity index (χ1) is 39.8. The van der Waals surface area contributed by atoms with Crippen LogP contribution in [0.25, 0.3) is 60.9 Å². The van der Waals surface area contributed by atoms with Crippen molar-refractivity contribution in [1.82, 2.24) is 4.57 Å². The highest BCUT2D eigenvalue weighted by molar-refractivity contribution is 6.10. The Balaban J connectivity index is 1.18. The molecule has 87 heavy (non-hydrogen) atoms. The Morgan fingerprint density at radius 3 is 1.13 bits per heavy atom. The highest BCUT2D eigenvalue weighted by atomic mass is 19.1. The van der Waals surface area contributed by atoms with Crippen molar-refractivity contribution in [1.29, 1.82) is 0 Å². The van der Waals surface area contributed by atoms with Crippen LogP contribution in [-0.2, 0) is 32.5 Å². The lowest BCUT2D eigenvalue weighted by atomic mass is 9.71. The van der Waals surface area contributed by atoms with E-state index in [9.17, 15) is 10.2 Å². The van der Waals surface area contributed by atoms with Crippen LogP contribution in [0.2, 0.25) is 0 Å². The summed E-state index contributed by atoms with van der Waals surface area (Å²) in [5.41, 5.74) is 12.8. The third kappa shape index (κ3) is 14.6. The highest BCUT2D eigenvalue weighted by Gasteiger charge is 2.34. The van der Waals surface area contributed by atoms with Crippen LogP contribution in [0.5, 0.6) is 23.0 Å². The lowest BCUT2D eigenvalue weighted by molar-refractivity contribution is 0.265. The molecule has 8 aromatic rings. The van der Waals surface area contributed by atoms with Gasteiger partial charge in [-0.15, -0.1) is 0 Å². The molecule has 0 aliphatic carbocycles. The zero-order valence-electron chi connectivity index (χ0n) is 57.5. The fourth-order valence-corrected chi connectivity index (χ4v) is 13.3. The van der Waals surface area contributed by atoms with Crippen molar-refractivity contribution in [3.05, 3.63) is 159 Å². The summed E-state index contributed by atoms with van der Waals surface area (Å²) in [7, 11) is 0. The van der Waals surface area contributed by atoms with Crippen molar-refractivity contribution in [2.45, 2.75) is 224 Å². The number of hydrogen-bond acceptors (Lipinski definition) is 4.